The molecule has 0 aliphatic heterocycles. The van der Waals surface area contributed by atoms with Gasteiger partial charge in [-0.2, -0.15) is 0 Å². The Morgan fingerprint density at radius 1 is 0.299 bits per heavy atom. The smallest absolute Gasteiger partial charge is 0.311 e. The van der Waals surface area contributed by atoms with Crippen LogP contribution in [-0.4, -0.2) is 101 Å². The van der Waals surface area contributed by atoms with Gasteiger partial charge in [-0.15, -0.1) is 0 Å². The Hall–Kier alpha value is -4.24. The summed E-state index contributed by atoms with van der Waals surface area (Å²) in [5, 5.41) is 0. The molecule has 16 nitrogen and oxygen atoms in total. The highest BCUT2D eigenvalue weighted by atomic mass is 16.6. The maximum atomic E-state index is 13.6. The van der Waals surface area contributed by atoms with Crippen molar-refractivity contribution in [2.24, 2.45) is 57.7 Å². The first-order valence-corrected chi connectivity index (χ1v) is 24.4. The van der Waals surface area contributed by atoms with E-state index in [1.54, 1.807) is 104 Å². The summed E-state index contributed by atoms with van der Waals surface area (Å²) in [6, 6.07) is 0. The predicted molar refractivity (Wildman–Crippen MR) is 251 cm³/mol. The van der Waals surface area contributed by atoms with Crippen LogP contribution in [0.3, 0.4) is 0 Å². The second kappa shape index (κ2) is 31.7. The largest absolute Gasteiger partial charge is 0.465 e. The third-order valence-electron chi connectivity index (χ3n) is 12.0. The molecule has 388 valence electrons. The Kier molecular flexibility index (Phi) is 29.7. The van der Waals surface area contributed by atoms with E-state index in [1.165, 1.54) is 0 Å². The predicted octanol–water partition coefficient (Wildman–Crippen LogP) is 8.80. The molecule has 0 aromatic heterocycles. The fourth-order valence-corrected chi connectivity index (χ4v) is 6.57. The molecule has 0 N–H and O–H groups in total. The lowest BCUT2D eigenvalue weighted by Crippen LogP contribution is -2.33. The molecule has 0 rings (SSSR count). The molecule has 0 aliphatic carbocycles. The Morgan fingerprint density at radius 3 is 0.701 bits per heavy atom. The van der Waals surface area contributed by atoms with Gasteiger partial charge in [0.15, 0.2) is 0 Å². The molecule has 1 atom stereocenters. The van der Waals surface area contributed by atoms with Gasteiger partial charge in [0.2, 0.25) is 0 Å². The van der Waals surface area contributed by atoms with Crippen molar-refractivity contribution in [3.05, 3.63) is 0 Å². The minimum Gasteiger partial charge on any atom is -0.465 e. The van der Waals surface area contributed by atoms with Gasteiger partial charge >= 0.3 is 47.8 Å². The fraction of sp³-hybridized carbons (Fsp3) is 0.843. The average molecular weight is 957 g/mol. The van der Waals surface area contributed by atoms with Crippen molar-refractivity contribution in [3.8, 4) is 0 Å². The molecule has 0 aromatic carbocycles. The van der Waals surface area contributed by atoms with Crippen molar-refractivity contribution >= 4 is 47.8 Å². The number of carbonyl (C=O) groups excluding carboxylic acids is 8. The Balaban J connectivity index is 5.95. The molecule has 0 saturated heterocycles. The molecule has 0 bridgehead atoms. The van der Waals surface area contributed by atoms with Crippen LogP contribution < -0.4 is 0 Å². The number of esters is 8. The summed E-state index contributed by atoms with van der Waals surface area (Å²) in [4.78, 5) is 101. The highest BCUT2D eigenvalue weighted by molar-refractivity contribution is 5.76. The molecule has 0 heterocycles. The Morgan fingerprint density at radius 2 is 0.493 bits per heavy atom. The van der Waals surface area contributed by atoms with Crippen LogP contribution in [0.1, 0.15) is 168 Å². The maximum absolute atomic E-state index is 13.6. The quantitative estimate of drug-likeness (QED) is 0.0429. The first-order chi connectivity index (χ1) is 31.1. The van der Waals surface area contributed by atoms with Gasteiger partial charge in [-0.3, -0.25) is 38.4 Å². The minimum absolute atomic E-state index is 0.00521. The van der Waals surface area contributed by atoms with Crippen LogP contribution in [0.25, 0.3) is 0 Å². The molecule has 1 unspecified atom stereocenters. The molecule has 0 fully saturated rings. The molecule has 16 heteroatoms. The van der Waals surface area contributed by atoms with Crippen LogP contribution in [0.4, 0.5) is 0 Å². The zero-order valence-electron chi connectivity index (χ0n) is 43.8. The monoisotopic (exact) mass is 957 g/mol. The topological polar surface area (TPSA) is 210 Å². The van der Waals surface area contributed by atoms with Crippen LogP contribution in [0.5, 0.6) is 0 Å². The van der Waals surface area contributed by atoms with Gasteiger partial charge in [0, 0.05) is 0 Å². The van der Waals surface area contributed by atoms with Crippen LogP contribution >= 0.6 is 0 Å². The molecule has 67 heavy (non-hydrogen) atoms. The van der Waals surface area contributed by atoms with E-state index in [1.807, 2.05) is 0 Å². The molecule has 0 aromatic rings. The standard InChI is InChI=1S/C51H88O16/c1-34(2)41(52)60-26-18-50(19-27-61-42(53)35(3)4,20-28-62-43(54)36(5)6)24-32-66-47(58)40(13)16-17-49(14,15)48(59)67-33-25-51(21-29-63-44(55)37(7)8,22-30-64-45(56)38(9)10)23-31-65-46(57)39(11)12/h34-40H,16-33H2,1-15H3. The molecular formula is C51H88O16. The SMILES string of the molecule is CC(C)C(=O)OCCC(CCOC(=O)C(C)C)(CCOC(=O)C(C)C)CCOC(=O)C(C)CCC(C)(C)C(=O)OCCC(CCOC(=O)C(C)C)(CCOC(=O)C(C)C)CCOC(=O)C(C)C. The highest BCUT2D eigenvalue weighted by Gasteiger charge is 2.36. The fourth-order valence-electron chi connectivity index (χ4n) is 6.57. The molecule has 0 amide bonds. The zero-order chi connectivity index (χ0) is 51.5. The van der Waals surface area contributed by atoms with Gasteiger partial charge < -0.3 is 37.9 Å². The second-order valence-electron chi connectivity index (χ2n) is 20.6. The Bertz CT molecular complexity index is 1410. The van der Waals surface area contributed by atoms with Crippen molar-refractivity contribution in [1.82, 2.24) is 0 Å². The van der Waals surface area contributed by atoms with Crippen LogP contribution in [0.15, 0.2) is 0 Å². The number of hydrogen-bond acceptors (Lipinski definition) is 16. The number of carbonyl (C=O) groups is 8. The van der Waals surface area contributed by atoms with Crippen molar-refractivity contribution in [2.75, 3.05) is 52.9 Å². The van der Waals surface area contributed by atoms with E-state index in [9.17, 15) is 38.4 Å². The van der Waals surface area contributed by atoms with Gasteiger partial charge in [-0.05, 0) is 88.9 Å². The maximum Gasteiger partial charge on any atom is 0.311 e. The van der Waals surface area contributed by atoms with E-state index in [-0.39, 0.29) is 124 Å². The number of ether oxygens (including phenoxy) is 8. The summed E-state index contributed by atoms with van der Waals surface area (Å²) in [5.74, 6) is -5.74. The van der Waals surface area contributed by atoms with Gasteiger partial charge in [-0.1, -0.05) is 90.0 Å². The normalized spacial score (nSPS) is 12.6. The van der Waals surface area contributed by atoms with E-state index in [0.717, 1.165) is 0 Å². The summed E-state index contributed by atoms with van der Waals surface area (Å²) in [5.41, 5.74) is -2.37. The highest BCUT2D eigenvalue weighted by Crippen LogP contribution is 2.38. The van der Waals surface area contributed by atoms with E-state index in [0.29, 0.717) is 64.2 Å². The Labute approximate surface area is 401 Å². The molecule has 0 saturated carbocycles. The van der Waals surface area contributed by atoms with Gasteiger partial charge in [0.1, 0.15) is 0 Å². The van der Waals surface area contributed by atoms with Crippen LogP contribution in [0.2, 0.25) is 0 Å². The summed E-state index contributed by atoms with van der Waals surface area (Å²) >= 11 is 0. The minimum atomic E-state index is -0.993. The van der Waals surface area contributed by atoms with E-state index in [2.05, 4.69) is 0 Å². The van der Waals surface area contributed by atoms with E-state index >= 15 is 0 Å². The van der Waals surface area contributed by atoms with Crippen LogP contribution in [0, 0.1) is 57.7 Å². The summed E-state index contributed by atoms with van der Waals surface area (Å²) in [6.45, 7) is 26.4. The van der Waals surface area contributed by atoms with Gasteiger partial charge in [0.05, 0.1) is 99.7 Å². The van der Waals surface area contributed by atoms with E-state index in [4.69, 9.17) is 37.9 Å². The van der Waals surface area contributed by atoms with Gasteiger partial charge in [0.25, 0.3) is 0 Å². The molecular weight excluding hydrogens is 869 g/mol. The lowest BCUT2D eigenvalue weighted by Gasteiger charge is -2.34. The first kappa shape index (κ1) is 62.8. The van der Waals surface area contributed by atoms with Crippen LogP contribution in [-0.2, 0) is 76.3 Å². The molecule has 0 radical (unpaired) electrons. The number of hydrogen-bond donors (Lipinski definition) is 0. The molecule has 0 spiro atoms. The third-order valence-corrected chi connectivity index (χ3v) is 12.0. The lowest BCUT2D eigenvalue weighted by molar-refractivity contribution is -0.158. The van der Waals surface area contributed by atoms with Crippen molar-refractivity contribution in [3.63, 3.8) is 0 Å². The van der Waals surface area contributed by atoms with Gasteiger partial charge in [-0.25, -0.2) is 0 Å². The number of rotatable bonds is 35. The van der Waals surface area contributed by atoms with Crippen molar-refractivity contribution in [1.29, 1.82) is 0 Å². The summed E-state index contributed by atoms with van der Waals surface area (Å²) in [6.07, 6.45) is 3.27. The van der Waals surface area contributed by atoms with Crippen molar-refractivity contribution in [2.45, 2.75) is 168 Å². The summed E-state index contributed by atoms with van der Waals surface area (Å²) in [7, 11) is 0. The summed E-state index contributed by atoms with van der Waals surface area (Å²) < 4.78 is 44.8. The third kappa shape index (κ3) is 26.2. The second-order valence-corrected chi connectivity index (χ2v) is 20.6. The lowest BCUT2D eigenvalue weighted by atomic mass is 9.76. The zero-order valence-corrected chi connectivity index (χ0v) is 43.8. The average Bonchev–Trinajstić information content (AvgIpc) is 3.24. The molecule has 0 aliphatic rings. The van der Waals surface area contributed by atoms with Crippen molar-refractivity contribution < 1.29 is 76.3 Å². The first-order valence-electron chi connectivity index (χ1n) is 24.4. The van der Waals surface area contributed by atoms with E-state index < -0.39 is 34.1 Å².